The molecule has 127 valence electrons. The van der Waals surface area contributed by atoms with Crippen LogP contribution in [0.1, 0.15) is 24.0 Å². The third kappa shape index (κ3) is 4.96. The smallest absolute Gasteiger partial charge is 0.118 e. The second kappa shape index (κ2) is 9.08. The SMILES string of the molecule is COc1ccc(-c2ccccc2C[CH]CCCc2ccccc2)cc1. The van der Waals surface area contributed by atoms with E-state index < -0.39 is 0 Å². The summed E-state index contributed by atoms with van der Waals surface area (Å²) in [5, 5.41) is 0. The van der Waals surface area contributed by atoms with Gasteiger partial charge in [-0.25, -0.2) is 0 Å². The predicted molar refractivity (Wildman–Crippen MR) is 106 cm³/mol. The zero-order valence-corrected chi connectivity index (χ0v) is 14.8. The van der Waals surface area contributed by atoms with Gasteiger partial charge in [0.05, 0.1) is 7.11 Å². The quantitative estimate of drug-likeness (QED) is 0.452. The summed E-state index contributed by atoms with van der Waals surface area (Å²) in [6, 6.07) is 27.7. The van der Waals surface area contributed by atoms with Gasteiger partial charge in [0.1, 0.15) is 5.75 Å². The zero-order valence-electron chi connectivity index (χ0n) is 14.8. The Morgan fingerprint density at radius 1 is 0.800 bits per heavy atom. The summed E-state index contributed by atoms with van der Waals surface area (Å²) in [4.78, 5) is 0. The highest BCUT2D eigenvalue weighted by Crippen LogP contribution is 2.26. The van der Waals surface area contributed by atoms with Crippen LogP contribution in [0.3, 0.4) is 0 Å². The van der Waals surface area contributed by atoms with Crippen molar-refractivity contribution in [2.24, 2.45) is 0 Å². The Labute approximate surface area is 151 Å². The van der Waals surface area contributed by atoms with Crippen LogP contribution in [0.25, 0.3) is 11.1 Å². The van der Waals surface area contributed by atoms with Crippen molar-refractivity contribution in [3.8, 4) is 16.9 Å². The van der Waals surface area contributed by atoms with Crippen molar-refractivity contribution >= 4 is 0 Å². The molecule has 1 radical (unpaired) electrons. The summed E-state index contributed by atoms with van der Waals surface area (Å²) < 4.78 is 5.26. The van der Waals surface area contributed by atoms with E-state index in [4.69, 9.17) is 4.74 Å². The summed E-state index contributed by atoms with van der Waals surface area (Å²) in [5.41, 5.74) is 5.36. The van der Waals surface area contributed by atoms with Crippen molar-refractivity contribution in [2.75, 3.05) is 7.11 Å². The van der Waals surface area contributed by atoms with Crippen LogP contribution in [0.15, 0.2) is 78.9 Å². The van der Waals surface area contributed by atoms with Gasteiger partial charge >= 0.3 is 0 Å². The number of benzene rings is 3. The Kier molecular flexibility index (Phi) is 6.28. The fraction of sp³-hybridized carbons (Fsp3) is 0.208. The average Bonchev–Trinajstić information content (AvgIpc) is 2.69. The first-order chi connectivity index (χ1) is 12.4. The molecule has 3 rings (SSSR count). The highest BCUT2D eigenvalue weighted by molar-refractivity contribution is 5.68. The van der Waals surface area contributed by atoms with Crippen LogP contribution in [0.4, 0.5) is 0 Å². The average molecular weight is 329 g/mol. The van der Waals surface area contributed by atoms with E-state index >= 15 is 0 Å². The number of ether oxygens (including phenoxy) is 1. The number of unbranched alkanes of at least 4 members (excludes halogenated alkanes) is 2. The fourth-order valence-corrected chi connectivity index (χ4v) is 3.10. The normalized spacial score (nSPS) is 10.6. The van der Waals surface area contributed by atoms with Crippen LogP contribution < -0.4 is 4.74 Å². The Morgan fingerprint density at radius 3 is 2.28 bits per heavy atom. The van der Waals surface area contributed by atoms with Gasteiger partial charge in [0, 0.05) is 0 Å². The van der Waals surface area contributed by atoms with Crippen LogP contribution in [-0.4, -0.2) is 7.11 Å². The molecule has 0 bridgehead atoms. The van der Waals surface area contributed by atoms with Gasteiger partial charge in [-0.15, -0.1) is 0 Å². The van der Waals surface area contributed by atoms with Gasteiger partial charge in [0.2, 0.25) is 0 Å². The molecule has 0 heterocycles. The standard InChI is InChI=1S/C24H25O/c1-25-23-18-16-22(17-19-23)24-15-9-8-14-21(24)13-7-3-6-12-20-10-4-2-5-11-20/h2,4-5,7-11,14-19H,3,6,12-13H2,1H3. The Bertz CT molecular complexity index is 760. The van der Waals surface area contributed by atoms with Gasteiger partial charge in [-0.1, -0.05) is 66.7 Å². The Morgan fingerprint density at radius 2 is 1.52 bits per heavy atom. The molecule has 3 aromatic rings. The Hall–Kier alpha value is -2.54. The maximum atomic E-state index is 5.26. The molecule has 0 aliphatic rings. The lowest BCUT2D eigenvalue weighted by atomic mass is 9.95. The van der Waals surface area contributed by atoms with Crippen molar-refractivity contribution in [3.63, 3.8) is 0 Å². The van der Waals surface area contributed by atoms with E-state index in [1.807, 2.05) is 12.1 Å². The summed E-state index contributed by atoms with van der Waals surface area (Å²) in [6.45, 7) is 0. The molecular weight excluding hydrogens is 304 g/mol. The van der Waals surface area contributed by atoms with Gasteiger partial charge in [0.15, 0.2) is 0 Å². The number of methoxy groups -OCH3 is 1. The summed E-state index contributed by atoms with van der Waals surface area (Å²) in [7, 11) is 1.70. The van der Waals surface area contributed by atoms with E-state index in [1.54, 1.807) is 7.11 Å². The number of aryl methyl sites for hydroxylation is 1. The van der Waals surface area contributed by atoms with E-state index in [2.05, 4.69) is 73.2 Å². The first kappa shape index (κ1) is 17.3. The molecule has 0 aliphatic heterocycles. The van der Waals surface area contributed by atoms with Gasteiger partial charge < -0.3 is 4.74 Å². The van der Waals surface area contributed by atoms with E-state index in [1.165, 1.54) is 28.7 Å². The van der Waals surface area contributed by atoms with E-state index in [0.29, 0.717) is 0 Å². The molecule has 0 saturated heterocycles. The van der Waals surface area contributed by atoms with Crippen LogP contribution in [-0.2, 0) is 12.8 Å². The van der Waals surface area contributed by atoms with Crippen molar-refractivity contribution in [1.29, 1.82) is 0 Å². The van der Waals surface area contributed by atoms with Crippen molar-refractivity contribution in [2.45, 2.75) is 25.7 Å². The number of hydrogen-bond donors (Lipinski definition) is 0. The van der Waals surface area contributed by atoms with Crippen LogP contribution >= 0.6 is 0 Å². The molecule has 3 aromatic carbocycles. The summed E-state index contributed by atoms with van der Waals surface area (Å²) in [5.74, 6) is 0.897. The molecule has 1 nitrogen and oxygen atoms in total. The molecule has 0 aromatic heterocycles. The molecule has 0 unspecified atom stereocenters. The molecule has 0 aliphatic carbocycles. The van der Waals surface area contributed by atoms with Gasteiger partial charge in [-0.2, -0.15) is 0 Å². The monoisotopic (exact) mass is 329 g/mol. The third-order valence-corrected chi connectivity index (χ3v) is 4.50. The molecule has 0 atom stereocenters. The predicted octanol–water partition coefficient (Wildman–Crippen LogP) is 6.13. The lowest BCUT2D eigenvalue weighted by Gasteiger charge is -2.10. The minimum atomic E-state index is 0.897. The summed E-state index contributed by atoms with van der Waals surface area (Å²) >= 11 is 0. The lowest BCUT2D eigenvalue weighted by molar-refractivity contribution is 0.415. The highest BCUT2D eigenvalue weighted by Gasteiger charge is 2.05. The van der Waals surface area contributed by atoms with Gasteiger partial charge in [-0.3, -0.25) is 0 Å². The van der Waals surface area contributed by atoms with Crippen LogP contribution in [0.2, 0.25) is 0 Å². The Balaban J connectivity index is 1.55. The van der Waals surface area contributed by atoms with E-state index in [0.717, 1.165) is 25.0 Å². The van der Waals surface area contributed by atoms with Crippen molar-refractivity contribution < 1.29 is 4.74 Å². The highest BCUT2D eigenvalue weighted by atomic mass is 16.5. The zero-order chi connectivity index (χ0) is 17.3. The van der Waals surface area contributed by atoms with Gasteiger partial charge in [0.25, 0.3) is 0 Å². The minimum Gasteiger partial charge on any atom is -0.497 e. The van der Waals surface area contributed by atoms with Gasteiger partial charge in [-0.05, 0) is 66.5 Å². The molecule has 0 amide bonds. The summed E-state index contributed by atoms with van der Waals surface area (Å²) in [6.07, 6.45) is 6.92. The van der Waals surface area contributed by atoms with E-state index in [9.17, 15) is 0 Å². The molecule has 1 heteroatoms. The molecule has 0 N–H and O–H groups in total. The first-order valence-corrected chi connectivity index (χ1v) is 8.95. The minimum absolute atomic E-state index is 0.897. The second-order valence-electron chi connectivity index (χ2n) is 6.26. The molecule has 0 fully saturated rings. The number of rotatable bonds is 8. The fourth-order valence-electron chi connectivity index (χ4n) is 3.10. The maximum absolute atomic E-state index is 5.26. The second-order valence-corrected chi connectivity index (χ2v) is 6.26. The van der Waals surface area contributed by atoms with Crippen LogP contribution in [0, 0.1) is 6.42 Å². The third-order valence-electron chi connectivity index (χ3n) is 4.50. The maximum Gasteiger partial charge on any atom is 0.118 e. The molecular formula is C24H25O. The molecule has 0 saturated carbocycles. The van der Waals surface area contributed by atoms with Crippen molar-refractivity contribution in [1.82, 2.24) is 0 Å². The van der Waals surface area contributed by atoms with Crippen LogP contribution in [0.5, 0.6) is 5.75 Å². The number of hydrogen-bond acceptors (Lipinski definition) is 1. The molecule has 25 heavy (non-hydrogen) atoms. The molecule has 0 spiro atoms. The van der Waals surface area contributed by atoms with Crippen molar-refractivity contribution in [3.05, 3.63) is 96.4 Å². The van der Waals surface area contributed by atoms with E-state index in [-0.39, 0.29) is 0 Å². The largest absolute Gasteiger partial charge is 0.497 e. The lowest BCUT2D eigenvalue weighted by Crippen LogP contribution is -1.93. The first-order valence-electron chi connectivity index (χ1n) is 8.95. The topological polar surface area (TPSA) is 9.23 Å².